The Bertz CT molecular complexity index is 1270. The number of carbonyl (C=O) groups excluding carboxylic acids is 3. The molecule has 1 fully saturated rings. The lowest BCUT2D eigenvalue weighted by atomic mass is 9.83. The van der Waals surface area contributed by atoms with Crippen molar-refractivity contribution in [3.05, 3.63) is 41.5 Å². The highest BCUT2D eigenvalue weighted by Gasteiger charge is 2.50. The number of carbonyl (C=O) groups is 3. The molecular formula is C32H44N2O6. The molecule has 2 heterocycles. The summed E-state index contributed by atoms with van der Waals surface area (Å²) in [4.78, 5) is 40.7. The summed E-state index contributed by atoms with van der Waals surface area (Å²) in [6.45, 7) is 10.5. The van der Waals surface area contributed by atoms with E-state index >= 15 is 0 Å². The molecule has 1 N–H and O–H groups in total. The number of alkyl carbamates (subject to hydrolysis) is 1. The molecule has 4 rings (SSSR count). The van der Waals surface area contributed by atoms with Crippen LogP contribution in [0.5, 0.6) is 5.75 Å². The van der Waals surface area contributed by atoms with Gasteiger partial charge in [0.1, 0.15) is 23.7 Å². The van der Waals surface area contributed by atoms with Gasteiger partial charge in [0.25, 0.3) is 0 Å². The molecule has 2 aromatic carbocycles. The molecule has 1 saturated heterocycles. The van der Waals surface area contributed by atoms with Gasteiger partial charge in [-0.1, -0.05) is 46.8 Å². The smallest absolute Gasteiger partial charge is 0.407 e. The third-order valence-corrected chi connectivity index (χ3v) is 8.65. The van der Waals surface area contributed by atoms with Crippen LogP contribution in [-0.2, 0) is 31.1 Å². The highest BCUT2D eigenvalue weighted by atomic mass is 16.5. The van der Waals surface area contributed by atoms with Gasteiger partial charge < -0.3 is 29.2 Å². The van der Waals surface area contributed by atoms with Gasteiger partial charge in [0.05, 0.1) is 26.3 Å². The molecule has 0 saturated carbocycles. The predicted octanol–water partition coefficient (Wildman–Crippen LogP) is 5.38. The molecule has 2 aromatic rings. The average Bonchev–Trinajstić information content (AvgIpc) is 3.30. The fourth-order valence-electron chi connectivity index (χ4n) is 6.01. The molecule has 3 atom stereocenters. The molecule has 8 nitrogen and oxygen atoms in total. The minimum atomic E-state index is -0.878. The maximum atomic E-state index is 14.0. The first kappa shape index (κ1) is 29.8. The van der Waals surface area contributed by atoms with Crippen molar-refractivity contribution in [2.75, 3.05) is 27.4 Å². The highest BCUT2D eigenvalue weighted by molar-refractivity contribution is 5.89. The van der Waals surface area contributed by atoms with Crippen LogP contribution in [0.4, 0.5) is 4.79 Å². The highest BCUT2D eigenvalue weighted by Crippen LogP contribution is 2.41. The zero-order chi connectivity index (χ0) is 29.3. The van der Waals surface area contributed by atoms with Crippen molar-refractivity contribution in [2.45, 2.75) is 84.4 Å². The van der Waals surface area contributed by atoms with E-state index in [1.54, 1.807) is 19.1 Å². The molecule has 40 heavy (non-hydrogen) atoms. The summed E-state index contributed by atoms with van der Waals surface area (Å²) >= 11 is 0. The minimum absolute atomic E-state index is 0.0351. The van der Waals surface area contributed by atoms with Crippen LogP contribution >= 0.6 is 0 Å². The SMILES string of the molecule is COc1cc2ccc3cc2cc1CCCC(C)(C)CCOC(=O)N[C@@H](C(C)(C)C)C(=O)N1C[C@@]3(OC)C[C@H]1C=O. The first-order chi connectivity index (χ1) is 18.8. The number of amides is 2. The Morgan fingerprint density at radius 2 is 1.82 bits per heavy atom. The molecule has 218 valence electrons. The van der Waals surface area contributed by atoms with Gasteiger partial charge in [0.15, 0.2) is 0 Å². The number of hydrogen-bond acceptors (Lipinski definition) is 6. The third-order valence-electron chi connectivity index (χ3n) is 8.65. The number of aryl methyl sites for hydroxylation is 1. The molecule has 0 aromatic heterocycles. The molecule has 0 aliphatic carbocycles. The fourth-order valence-corrected chi connectivity index (χ4v) is 6.01. The van der Waals surface area contributed by atoms with Gasteiger partial charge in [-0.2, -0.15) is 0 Å². The standard InChI is InChI=1S/C32H44N2O6/c1-30(2,3)27-28(36)34-20-32(39-7,18-25(34)19-35)24-11-10-21-17-26(38-6)22(15-23(21)16-24)9-8-12-31(4,5)13-14-40-29(37)33-27/h10-11,15-17,19,25,27H,8-9,12-14,18,20H2,1-7H3,(H,33,37)/t25-,27+,32-/m0/s1. The molecule has 8 heteroatoms. The summed E-state index contributed by atoms with van der Waals surface area (Å²) in [6, 6.07) is 8.83. The van der Waals surface area contributed by atoms with E-state index in [2.05, 4.69) is 37.4 Å². The van der Waals surface area contributed by atoms with E-state index in [4.69, 9.17) is 14.2 Å². The Hall–Kier alpha value is -3.13. The van der Waals surface area contributed by atoms with E-state index in [0.29, 0.717) is 12.8 Å². The second-order valence-corrected chi connectivity index (χ2v) is 13.1. The van der Waals surface area contributed by atoms with Crippen molar-refractivity contribution < 1.29 is 28.6 Å². The summed E-state index contributed by atoms with van der Waals surface area (Å²) in [5, 5.41) is 4.91. The van der Waals surface area contributed by atoms with Crippen molar-refractivity contribution in [1.29, 1.82) is 0 Å². The van der Waals surface area contributed by atoms with Crippen molar-refractivity contribution >= 4 is 29.1 Å². The fraction of sp³-hybridized carbons (Fsp3) is 0.594. The van der Waals surface area contributed by atoms with Crippen LogP contribution in [-0.4, -0.2) is 62.6 Å². The van der Waals surface area contributed by atoms with E-state index in [1.807, 2.05) is 32.9 Å². The van der Waals surface area contributed by atoms with E-state index in [0.717, 1.165) is 53.2 Å². The van der Waals surface area contributed by atoms with Crippen molar-refractivity contribution in [3.63, 3.8) is 0 Å². The Kier molecular flexibility index (Phi) is 8.50. The number of rotatable bonds is 3. The van der Waals surface area contributed by atoms with Gasteiger partial charge in [0, 0.05) is 13.5 Å². The zero-order valence-electron chi connectivity index (χ0n) is 25.0. The second kappa shape index (κ2) is 11.4. The second-order valence-electron chi connectivity index (χ2n) is 13.1. The number of aldehydes is 1. The number of nitrogens with one attached hydrogen (secondary N) is 1. The van der Waals surface area contributed by atoms with Crippen LogP contribution in [0.15, 0.2) is 30.3 Å². The van der Waals surface area contributed by atoms with E-state index in [1.165, 1.54) is 0 Å². The van der Waals surface area contributed by atoms with Gasteiger partial charge in [0.2, 0.25) is 5.91 Å². The van der Waals surface area contributed by atoms with Gasteiger partial charge in [-0.3, -0.25) is 4.79 Å². The van der Waals surface area contributed by atoms with Crippen molar-refractivity contribution in [1.82, 2.24) is 10.2 Å². The van der Waals surface area contributed by atoms with E-state index in [9.17, 15) is 14.4 Å². The summed E-state index contributed by atoms with van der Waals surface area (Å²) in [6.07, 6.45) is 3.96. The van der Waals surface area contributed by atoms with Gasteiger partial charge in [-0.05, 0) is 76.6 Å². The summed E-state index contributed by atoms with van der Waals surface area (Å²) in [7, 11) is 3.31. The molecule has 0 unspecified atom stereocenters. The maximum Gasteiger partial charge on any atom is 0.407 e. The summed E-state index contributed by atoms with van der Waals surface area (Å²) in [5.41, 5.74) is 0.514. The number of methoxy groups -OCH3 is 2. The lowest BCUT2D eigenvalue weighted by Gasteiger charge is -2.35. The van der Waals surface area contributed by atoms with Crippen LogP contribution in [0.1, 0.15) is 71.4 Å². The van der Waals surface area contributed by atoms with Crippen LogP contribution < -0.4 is 10.1 Å². The maximum absolute atomic E-state index is 14.0. The summed E-state index contributed by atoms with van der Waals surface area (Å²) < 4.78 is 17.4. The van der Waals surface area contributed by atoms with E-state index in [-0.39, 0.29) is 24.5 Å². The number of nitrogens with zero attached hydrogens (tertiary/aromatic N) is 1. The Balaban J connectivity index is 1.81. The van der Waals surface area contributed by atoms with Crippen LogP contribution in [0, 0.1) is 10.8 Å². The lowest BCUT2D eigenvalue weighted by Crippen LogP contribution is -2.56. The first-order valence-corrected chi connectivity index (χ1v) is 14.2. The molecule has 0 radical (unpaired) electrons. The predicted molar refractivity (Wildman–Crippen MR) is 154 cm³/mol. The monoisotopic (exact) mass is 552 g/mol. The molecular weight excluding hydrogens is 508 g/mol. The molecule has 2 aliphatic rings. The van der Waals surface area contributed by atoms with Crippen LogP contribution in [0.2, 0.25) is 0 Å². The number of benzene rings is 2. The van der Waals surface area contributed by atoms with Crippen molar-refractivity contribution in [3.8, 4) is 5.75 Å². The Morgan fingerprint density at radius 3 is 2.48 bits per heavy atom. The zero-order valence-corrected chi connectivity index (χ0v) is 25.0. The molecule has 5 bridgehead atoms. The van der Waals surface area contributed by atoms with Gasteiger partial charge in [-0.25, -0.2) is 4.79 Å². The van der Waals surface area contributed by atoms with Crippen LogP contribution in [0.25, 0.3) is 10.8 Å². The topological polar surface area (TPSA) is 94.2 Å². The number of cyclic esters (lactones) is 1. The summed E-state index contributed by atoms with van der Waals surface area (Å²) in [5.74, 6) is 0.531. The Labute approximate surface area is 237 Å². The van der Waals surface area contributed by atoms with Crippen molar-refractivity contribution in [2.24, 2.45) is 10.8 Å². The first-order valence-electron chi connectivity index (χ1n) is 14.2. The van der Waals surface area contributed by atoms with Crippen LogP contribution in [0.3, 0.4) is 0 Å². The minimum Gasteiger partial charge on any atom is -0.496 e. The van der Waals surface area contributed by atoms with Gasteiger partial charge in [-0.15, -0.1) is 0 Å². The number of fused-ring (bicyclic) bond motifs is 5. The number of ether oxygens (including phenoxy) is 3. The molecule has 2 amide bonds. The average molecular weight is 553 g/mol. The molecule has 2 aliphatic heterocycles. The third kappa shape index (κ3) is 6.12. The Morgan fingerprint density at radius 1 is 1.07 bits per heavy atom. The normalized spacial score (nSPS) is 26.1. The number of hydrogen-bond donors (Lipinski definition) is 1. The molecule has 0 spiro atoms. The largest absolute Gasteiger partial charge is 0.496 e. The van der Waals surface area contributed by atoms with Gasteiger partial charge >= 0.3 is 6.09 Å². The quantitative estimate of drug-likeness (QED) is 0.514. The lowest BCUT2D eigenvalue weighted by molar-refractivity contribution is -0.139. The van der Waals surface area contributed by atoms with E-state index < -0.39 is 29.2 Å².